The predicted octanol–water partition coefficient (Wildman–Crippen LogP) is 5.64. The number of carbonyl (C=O) groups excluding carboxylic acids is 2. The number of methoxy groups -OCH3 is 1. The van der Waals surface area contributed by atoms with Gasteiger partial charge < -0.3 is 24.7 Å². The fraction of sp³-hybridized carbons (Fsp3) is 0.344. The molecule has 0 aliphatic carbocycles. The number of alkyl halides is 3. The van der Waals surface area contributed by atoms with Crippen LogP contribution in [0.25, 0.3) is 11.0 Å². The number of aromatic nitrogens is 2. The molecule has 44 heavy (non-hydrogen) atoms. The standard InChI is InChI=1S/C32H34F3N5O4/c1-19-5-8-24(14-28(19)44-18-20-11-23-13-27(31(42)43-4)38-29(23)36-15-20)37-30(41)21-6-7-22(26(12-21)32(33,34)35)16-40-10-9-25(17-40)39(2)3/h5-8,11-15,25H,9-10,16-18H2,1-4H3,(H,36,38)(H,37,41). The van der Waals surface area contributed by atoms with Gasteiger partial charge >= 0.3 is 12.1 Å². The average Bonchev–Trinajstić information content (AvgIpc) is 3.64. The summed E-state index contributed by atoms with van der Waals surface area (Å²) in [6, 6.07) is 12.6. The largest absolute Gasteiger partial charge is 0.488 e. The molecule has 0 radical (unpaired) electrons. The summed E-state index contributed by atoms with van der Waals surface area (Å²) >= 11 is 0. The molecule has 1 aliphatic rings. The Hall–Kier alpha value is -4.42. The third-order valence-corrected chi connectivity index (χ3v) is 7.82. The van der Waals surface area contributed by atoms with Gasteiger partial charge in [0.05, 0.1) is 12.7 Å². The lowest BCUT2D eigenvalue weighted by Gasteiger charge is -2.22. The number of aromatic amines is 1. The van der Waals surface area contributed by atoms with Gasteiger partial charge in [0.2, 0.25) is 0 Å². The summed E-state index contributed by atoms with van der Waals surface area (Å²) in [4.78, 5) is 36.2. The van der Waals surface area contributed by atoms with Crippen molar-refractivity contribution in [3.05, 3.63) is 88.2 Å². The molecule has 3 heterocycles. The molecular formula is C32H34F3N5O4. The number of esters is 1. The van der Waals surface area contributed by atoms with E-state index in [9.17, 15) is 22.8 Å². The number of benzene rings is 2. The van der Waals surface area contributed by atoms with Crippen molar-refractivity contribution in [2.75, 3.05) is 39.6 Å². The van der Waals surface area contributed by atoms with E-state index in [1.54, 1.807) is 30.5 Å². The number of likely N-dealkylation sites (tertiary alicyclic amines) is 1. The van der Waals surface area contributed by atoms with Crippen LogP contribution in [0.1, 0.15) is 49.5 Å². The highest BCUT2D eigenvalue weighted by Crippen LogP contribution is 2.34. The number of amides is 1. The molecule has 1 aliphatic heterocycles. The minimum atomic E-state index is -4.60. The number of carbonyl (C=O) groups is 2. The molecule has 232 valence electrons. The molecule has 0 spiro atoms. The number of nitrogens with one attached hydrogen (secondary N) is 2. The van der Waals surface area contributed by atoms with Gasteiger partial charge in [0.25, 0.3) is 5.91 Å². The summed E-state index contributed by atoms with van der Waals surface area (Å²) in [5.41, 5.74) is 1.99. The minimum Gasteiger partial charge on any atom is -0.488 e. The molecule has 0 saturated carbocycles. The lowest BCUT2D eigenvalue weighted by atomic mass is 10.0. The van der Waals surface area contributed by atoms with Crippen LogP contribution >= 0.6 is 0 Å². The summed E-state index contributed by atoms with van der Waals surface area (Å²) in [6.07, 6.45) is -2.09. The number of ether oxygens (including phenoxy) is 2. The first-order chi connectivity index (χ1) is 20.9. The Morgan fingerprint density at radius 3 is 2.64 bits per heavy atom. The first-order valence-electron chi connectivity index (χ1n) is 14.1. The molecule has 4 aromatic rings. The van der Waals surface area contributed by atoms with Crippen molar-refractivity contribution in [3.8, 4) is 5.75 Å². The van der Waals surface area contributed by atoms with Gasteiger partial charge in [0.15, 0.2) is 0 Å². The highest BCUT2D eigenvalue weighted by Gasteiger charge is 2.35. The Kier molecular flexibility index (Phi) is 8.93. The van der Waals surface area contributed by atoms with Crippen LogP contribution in [0.2, 0.25) is 0 Å². The van der Waals surface area contributed by atoms with E-state index in [-0.39, 0.29) is 30.0 Å². The van der Waals surface area contributed by atoms with Crippen LogP contribution in [0.3, 0.4) is 0 Å². The molecule has 5 rings (SSSR count). The van der Waals surface area contributed by atoms with E-state index in [1.165, 1.54) is 19.2 Å². The summed E-state index contributed by atoms with van der Waals surface area (Å²) in [5, 5.41) is 3.41. The van der Waals surface area contributed by atoms with Crippen molar-refractivity contribution in [3.63, 3.8) is 0 Å². The van der Waals surface area contributed by atoms with Crippen molar-refractivity contribution in [1.82, 2.24) is 19.8 Å². The smallest absolute Gasteiger partial charge is 0.416 e. The molecule has 1 unspecified atom stereocenters. The fourth-order valence-electron chi connectivity index (χ4n) is 5.30. The zero-order valence-corrected chi connectivity index (χ0v) is 24.9. The maximum atomic E-state index is 14.1. The van der Waals surface area contributed by atoms with Crippen LogP contribution in [-0.2, 0) is 24.1 Å². The van der Waals surface area contributed by atoms with Gasteiger partial charge in [0.1, 0.15) is 23.7 Å². The number of pyridine rings is 1. The van der Waals surface area contributed by atoms with Gasteiger partial charge in [-0.25, -0.2) is 9.78 Å². The number of halogens is 3. The topological polar surface area (TPSA) is 99.8 Å². The van der Waals surface area contributed by atoms with Crippen molar-refractivity contribution >= 4 is 28.6 Å². The summed E-state index contributed by atoms with van der Waals surface area (Å²) in [5.74, 6) is -0.671. The third-order valence-electron chi connectivity index (χ3n) is 7.82. The molecular weight excluding hydrogens is 575 g/mol. The normalized spacial score (nSPS) is 15.6. The zero-order valence-electron chi connectivity index (χ0n) is 24.9. The maximum absolute atomic E-state index is 14.1. The van der Waals surface area contributed by atoms with Gasteiger partial charge in [0, 0.05) is 60.1 Å². The zero-order chi connectivity index (χ0) is 31.6. The number of hydrogen-bond acceptors (Lipinski definition) is 7. The van der Waals surface area contributed by atoms with Gasteiger partial charge in [-0.15, -0.1) is 0 Å². The number of hydrogen-bond donors (Lipinski definition) is 2. The number of fused-ring (bicyclic) bond motifs is 1. The molecule has 12 heteroatoms. The van der Waals surface area contributed by atoms with Gasteiger partial charge in [-0.05, 0) is 68.9 Å². The second-order valence-electron chi connectivity index (χ2n) is 11.2. The van der Waals surface area contributed by atoms with E-state index in [1.807, 2.05) is 32.0 Å². The van der Waals surface area contributed by atoms with Crippen molar-refractivity contribution in [2.24, 2.45) is 0 Å². The SMILES string of the molecule is COC(=O)c1cc2cc(COc3cc(NC(=O)c4ccc(CN5CCC(N(C)C)C5)c(C(F)(F)F)c4)ccc3C)cnc2[nH]1. The number of likely N-dealkylation sites (N-methyl/N-ethyl adjacent to an activating group) is 1. The second kappa shape index (κ2) is 12.7. The van der Waals surface area contributed by atoms with Crippen LogP contribution in [0.5, 0.6) is 5.75 Å². The van der Waals surface area contributed by atoms with Gasteiger partial charge in [-0.2, -0.15) is 13.2 Å². The Morgan fingerprint density at radius 2 is 1.93 bits per heavy atom. The second-order valence-corrected chi connectivity index (χ2v) is 11.2. The average molecular weight is 610 g/mol. The van der Waals surface area contributed by atoms with Crippen LogP contribution in [0.4, 0.5) is 18.9 Å². The van der Waals surface area contributed by atoms with E-state index in [4.69, 9.17) is 9.47 Å². The Labute approximate surface area is 253 Å². The van der Waals surface area contributed by atoms with Crippen molar-refractivity contribution in [1.29, 1.82) is 0 Å². The highest BCUT2D eigenvalue weighted by molar-refractivity contribution is 6.04. The molecule has 2 aromatic carbocycles. The van der Waals surface area contributed by atoms with Crippen molar-refractivity contribution < 1.29 is 32.2 Å². The molecule has 1 fully saturated rings. The van der Waals surface area contributed by atoms with E-state index >= 15 is 0 Å². The highest BCUT2D eigenvalue weighted by atomic mass is 19.4. The first kappa shape index (κ1) is 31.0. The molecule has 2 N–H and O–H groups in total. The quantitative estimate of drug-likeness (QED) is 0.237. The number of nitrogens with zero attached hydrogens (tertiary/aromatic N) is 3. The fourth-order valence-corrected chi connectivity index (χ4v) is 5.30. The van der Waals surface area contributed by atoms with Gasteiger partial charge in [-0.3, -0.25) is 9.69 Å². The van der Waals surface area contributed by atoms with E-state index in [0.29, 0.717) is 41.6 Å². The van der Waals surface area contributed by atoms with Crippen LogP contribution in [0, 0.1) is 6.92 Å². The monoisotopic (exact) mass is 609 g/mol. The summed E-state index contributed by atoms with van der Waals surface area (Å²) in [7, 11) is 5.24. The molecule has 1 saturated heterocycles. The van der Waals surface area contributed by atoms with E-state index in [2.05, 4.69) is 20.2 Å². The first-order valence-corrected chi connectivity index (χ1v) is 14.1. The molecule has 2 aromatic heterocycles. The predicted molar refractivity (Wildman–Crippen MR) is 160 cm³/mol. The van der Waals surface area contributed by atoms with E-state index < -0.39 is 23.6 Å². The Morgan fingerprint density at radius 1 is 1.14 bits per heavy atom. The lowest BCUT2D eigenvalue weighted by molar-refractivity contribution is -0.138. The van der Waals surface area contributed by atoms with Crippen molar-refractivity contribution in [2.45, 2.75) is 38.7 Å². The van der Waals surface area contributed by atoms with E-state index in [0.717, 1.165) is 23.6 Å². The summed E-state index contributed by atoms with van der Waals surface area (Å²) in [6.45, 7) is 3.57. The maximum Gasteiger partial charge on any atom is 0.416 e. The van der Waals surface area contributed by atoms with Gasteiger partial charge in [-0.1, -0.05) is 12.1 Å². The summed E-state index contributed by atoms with van der Waals surface area (Å²) < 4.78 is 52.9. The molecule has 1 atom stereocenters. The molecule has 0 bridgehead atoms. The Bertz CT molecular complexity index is 1680. The lowest BCUT2D eigenvalue weighted by Crippen LogP contribution is -2.31. The number of aryl methyl sites for hydroxylation is 1. The molecule has 9 nitrogen and oxygen atoms in total. The van der Waals surface area contributed by atoms with Crippen LogP contribution in [-0.4, -0.2) is 72.0 Å². The van der Waals surface area contributed by atoms with Crippen LogP contribution in [0.15, 0.2) is 54.7 Å². The number of rotatable bonds is 9. The minimum absolute atomic E-state index is 0.0890. The third kappa shape index (κ3) is 7.03. The number of anilines is 1. The molecule has 1 amide bonds. The number of H-pyrrole nitrogens is 1. The van der Waals surface area contributed by atoms with Crippen LogP contribution < -0.4 is 10.1 Å². The Balaban J connectivity index is 1.27.